The summed E-state index contributed by atoms with van der Waals surface area (Å²) in [4.78, 5) is 20.2. The van der Waals surface area contributed by atoms with E-state index < -0.39 is 0 Å². The van der Waals surface area contributed by atoms with Crippen molar-refractivity contribution < 1.29 is 19.0 Å². The smallest absolute Gasteiger partial charge is 0.263 e. The fourth-order valence-corrected chi connectivity index (χ4v) is 3.04. The van der Waals surface area contributed by atoms with Crippen molar-refractivity contribution in [1.29, 1.82) is 0 Å². The molecule has 0 fully saturated rings. The van der Waals surface area contributed by atoms with Gasteiger partial charge in [-0.25, -0.2) is 4.98 Å². The summed E-state index contributed by atoms with van der Waals surface area (Å²) in [6, 6.07) is 16.3. The molecule has 30 heavy (non-hydrogen) atoms. The van der Waals surface area contributed by atoms with E-state index >= 15 is 0 Å². The van der Waals surface area contributed by atoms with Gasteiger partial charge in [-0.05, 0) is 36.4 Å². The van der Waals surface area contributed by atoms with Gasteiger partial charge in [-0.3, -0.25) is 4.79 Å². The number of anilines is 1. The Bertz CT molecular complexity index is 1140. The van der Waals surface area contributed by atoms with E-state index in [-0.39, 0.29) is 18.3 Å². The molecular weight excluding hydrogens is 406 g/mol. The van der Waals surface area contributed by atoms with E-state index in [1.54, 1.807) is 30.3 Å². The lowest BCUT2D eigenvalue weighted by molar-refractivity contribution is 0.102. The van der Waals surface area contributed by atoms with E-state index in [1.165, 1.54) is 20.4 Å². The monoisotopic (exact) mass is 425 g/mol. The largest absolute Gasteiger partial charge is 0.496 e. The number of nitrogens with zero attached hydrogens (tertiary/aromatic N) is 1. The lowest BCUT2D eigenvalue weighted by Crippen LogP contribution is -2.14. The van der Waals surface area contributed by atoms with Gasteiger partial charge in [0, 0.05) is 23.2 Å². The molecule has 4 aromatic rings. The minimum atomic E-state index is -0.355. The van der Waals surface area contributed by atoms with Crippen LogP contribution in [0.1, 0.15) is 10.4 Å². The molecule has 0 aliphatic heterocycles. The van der Waals surface area contributed by atoms with Gasteiger partial charge in [0.1, 0.15) is 22.8 Å². The number of benzene rings is 2. The van der Waals surface area contributed by atoms with Crippen molar-refractivity contribution in [3.63, 3.8) is 0 Å². The average molecular weight is 426 g/mol. The fourth-order valence-electron chi connectivity index (χ4n) is 3.04. The molecule has 154 valence electrons. The van der Waals surface area contributed by atoms with Crippen molar-refractivity contribution in [3.8, 4) is 23.1 Å². The number of hydrogen-bond acceptors (Lipinski definition) is 5. The van der Waals surface area contributed by atoms with Crippen LogP contribution < -0.4 is 19.5 Å². The Labute approximate surface area is 179 Å². The molecule has 1 amide bonds. The number of carbonyl (C=O) groups excluding carboxylic acids is 1. The van der Waals surface area contributed by atoms with Crippen LogP contribution in [0.5, 0.6) is 23.1 Å². The molecular formula is C22H20ClN3O4. The lowest BCUT2D eigenvalue weighted by atomic mass is 10.1. The van der Waals surface area contributed by atoms with Gasteiger partial charge in [0.05, 0.1) is 26.1 Å². The minimum Gasteiger partial charge on any atom is -0.496 e. The number of H-pyrrole nitrogens is 1. The number of fused-ring (bicyclic) bond motifs is 1. The second kappa shape index (κ2) is 9.19. The first kappa shape index (κ1) is 21.0. The summed E-state index contributed by atoms with van der Waals surface area (Å²) in [6.07, 6.45) is 3.39. The normalized spacial score (nSPS) is 10.2. The molecule has 0 bridgehead atoms. The van der Waals surface area contributed by atoms with Crippen LogP contribution in [-0.2, 0) is 0 Å². The Morgan fingerprint density at radius 1 is 0.933 bits per heavy atom. The zero-order valence-electron chi connectivity index (χ0n) is 16.3. The van der Waals surface area contributed by atoms with Crippen molar-refractivity contribution in [3.05, 3.63) is 72.6 Å². The number of aromatic nitrogens is 2. The number of rotatable bonds is 6. The van der Waals surface area contributed by atoms with E-state index in [2.05, 4.69) is 15.3 Å². The Morgan fingerprint density at radius 3 is 2.30 bits per heavy atom. The summed E-state index contributed by atoms with van der Waals surface area (Å²) in [5.74, 6) is 1.62. The number of amides is 1. The molecule has 0 aliphatic rings. The lowest BCUT2D eigenvalue weighted by Gasteiger charge is -2.13. The summed E-state index contributed by atoms with van der Waals surface area (Å²) >= 11 is 0. The Hall–Kier alpha value is -3.71. The third kappa shape index (κ3) is 4.16. The highest BCUT2D eigenvalue weighted by Gasteiger charge is 2.18. The Morgan fingerprint density at radius 2 is 1.63 bits per heavy atom. The number of nitrogens with one attached hydrogen (secondary N) is 2. The van der Waals surface area contributed by atoms with Crippen LogP contribution in [0.15, 0.2) is 67.0 Å². The van der Waals surface area contributed by atoms with Crippen LogP contribution in [0.25, 0.3) is 10.9 Å². The minimum absolute atomic E-state index is 0. The molecule has 0 unspecified atom stereocenters. The second-order valence-electron chi connectivity index (χ2n) is 6.17. The van der Waals surface area contributed by atoms with Crippen molar-refractivity contribution in [2.45, 2.75) is 0 Å². The van der Waals surface area contributed by atoms with Gasteiger partial charge >= 0.3 is 0 Å². The third-order valence-corrected chi connectivity index (χ3v) is 4.42. The number of methoxy groups -OCH3 is 2. The number of hydrogen-bond donors (Lipinski definition) is 2. The Kier molecular flexibility index (Phi) is 6.44. The SMILES string of the molecule is COc1cccc(OC)c1C(=O)Nc1ccc(Oc2cccc3[nH]ccc23)nc1.Cl. The van der Waals surface area contributed by atoms with Crippen LogP contribution >= 0.6 is 12.4 Å². The molecule has 4 rings (SSSR count). The molecule has 0 saturated heterocycles. The number of carbonyl (C=O) groups is 1. The maximum Gasteiger partial charge on any atom is 0.263 e. The molecule has 8 heteroatoms. The van der Waals surface area contributed by atoms with Gasteiger partial charge in [-0.2, -0.15) is 0 Å². The van der Waals surface area contributed by atoms with Crippen LogP contribution in [-0.4, -0.2) is 30.1 Å². The quantitative estimate of drug-likeness (QED) is 0.451. The molecule has 7 nitrogen and oxygen atoms in total. The van der Waals surface area contributed by atoms with Crippen molar-refractivity contribution in [2.24, 2.45) is 0 Å². The van der Waals surface area contributed by atoms with Gasteiger partial charge in [0.25, 0.3) is 5.91 Å². The topological polar surface area (TPSA) is 85.5 Å². The molecule has 2 heterocycles. The number of ether oxygens (including phenoxy) is 3. The first-order valence-electron chi connectivity index (χ1n) is 8.92. The molecule has 2 N–H and O–H groups in total. The van der Waals surface area contributed by atoms with Crippen LogP contribution in [0.2, 0.25) is 0 Å². The number of pyridine rings is 1. The first-order chi connectivity index (χ1) is 14.2. The van der Waals surface area contributed by atoms with Crippen molar-refractivity contribution >= 4 is 34.9 Å². The standard InChI is InChI=1S/C22H19N3O4.ClH/c1-27-18-7-4-8-19(28-2)21(18)22(26)25-14-9-10-20(24-13-14)29-17-6-3-5-16-15(17)11-12-23-16;/h3-13,23H,1-2H3,(H,25,26);1H. The second-order valence-corrected chi connectivity index (χ2v) is 6.17. The number of aromatic amines is 1. The molecule has 0 aliphatic carbocycles. The summed E-state index contributed by atoms with van der Waals surface area (Å²) in [5, 5.41) is 3.77. The van der Waals surface area contributed by atoms with E-state index in [9.17, 15) is 4.79 Å². The highest BCUT2D eigenvalue weighted by molar-refractivity contribution is 6.08. The maximum absolute atomic E-state index is 12.7. The van der Waals surface area contributed by atoms with Gasteiger partial charge in [0.2, 0.25) is 5.88 Å². The predicted molar refractivity (Wildman–Crippen MR) is 117 cm³/mol. The van der Waals surface area contributed by atoms with Gasteiger partial charge in [0.15, 0.2) is 0 Å². The molecule has 0 atom stereocenters. The van der Waals surface area contributed by atoms with E-state index in [0.717, 1.165) is 10.9 Å². The fraction of sp³-hybridized carbons (Fsp3) is 0.0909. The first-order valence-corrected chi connectivity index (χ1v) is 8.92. The summed E-state index contributed by atoms with van der Waals surface area (Å²) in [5.41, 5.74) is 1.82. The molecule has 0 saturated carbocycles. The summed E-state index contributed by atoms with van der Waals surface area (Å²) in [6.45, 7) is 0. The van der Waals surface area contributed by atoms with Crippen LogP contribution in [0.4, 0.5) is 5.69 Å². The maximum atomic E-state index is 12.7. The highest BCUT2D eigenvalue weighted by Crippen LogP contribution is 2.30. The van der Waals surface area contributed by atoms with Crippen molar-refractivity contribution in [1.82, 2.24) is 9.97 Å². The van der Waals surface area contributed by atoms with E-state index in [1.807, 2.05) is 30.5 Å². The molecule has 2 aromatic carbocycles. The molecule has 0 radical (unpaired) electrons. The average Bonchev–Trinajstić information content (AvgIpc) is 3.24. The third-order valence-electron chi connectivity index (χ3n) is 4.42. The van der Waals surface area contributed by atoms with Crippen molar-refractivity contribution in [2.75, 3.05) is 19.5 Å². The van der Waals surface area contributed by atoms with Gasteiger partial charge in [-0.15, -0.1) is 12.4 Å². The summed E-state index contributed by atoms with van der Waals surface area (Å²) < 4.78 is 16.4. The van der Waals surface area contributed by atoms with E-state index in [4.69, 9.17) is 14.2 Å². The number of halogens is 1. The Balaban J connectivity index is 0.00000256. The molecule has 2 aromatic heterocycles. The highest BCUT2D eigenvalue weighted by atomic mass is 35.5. The van der Waals surface area contributed by atoms with Gasteiger partial charge in [-0.1, -0.05) is 12.1 Å². The predicted octanol–water partition coefficient (Wildman–Crippen LogP) is 5.05. The summed E-state index contributed by atoms with van der Waals surface area (Å²) in [7, 11) is 3.01. The zero-order chi connectivity index (χ0) is 20.2. The van der Waals surface area contributed by atoms with Crippen LogP contribution in [0, 0.1) is 0 Å². The van der Waals surface area contributed by atoms with Gasteiger partial charge < -0.3 is 24.5 Å². The van der Waals surface area contributed by atoms with E-state index in [0.29, 0.717) is 34.4 Å². The molecule has 0 spiro atoms. The van der Waals surface area contributed by atoms with Crippen LogP contribution in [0.3, 0.4) is 0 Å². The zero-order valence-corrected chi connectivity index (χ0v) is 17.2.